The highest BCUT2D eigenvalue weighted by molar-refractivity contribution is 5.74. The minimum atomic E-state index is -1.63. The van der Waals surface area contributed by atoms with Crippen LogP contribution in [-0.2, 0) is 52.6 Å². The second kappa shape index (κ2) is 20.7. The molecule has 22 nitrogen and oxygen atoms in total. The number of carbonyl (C=O) groups excluding carboxylic acids is 4. The molecule has 0 spiro atoms. The summed E-state index contributed by atoms with van der Waals surface area (Å²) in [5.41, 5.74) is 0. The van der Waals surface area contributed by atoms with E-state index in [2.05, 4.69) is 16.0 Å². The lowest BCUT2D eigenvalue weighted by molar-refractivity contribution is -0.340. The maximum Gasteiger partial charge on any atom is 0.367 e. The van der Waals surface area contributed by atoms with Gasteiger partial charge in [0.1, 0.15) is 49.3 Å². The van der Waals surface area contributed by atoms with Gasteiger partial charge in [0.15, 0.2) is 6.29 Å². The second-order valence-corrected chi connectivity index (χ2v) is 12.8. The van der Waals surface area contributed by atoms with Crippen LogP contribution in [0.4, 0.5) is 0 Å². The zero-order chi connectivity index (χ0) is 38.7. The summed E-state index contributed by atoms with van der Waals surface area (Å²) in [6, 6.07) is -3.60. The third kappa shape index (κ3) is 11.4. The van der Waals surface area contributed by atoms with Gasteiger partial charge in [0.05, 0.1) is 76.6 Å². The Bertz CT molecular complexity index is 1170. The minimum absolute atomic E-state index is 0.324. The number of aliphatic hydroxyl groups excluding tert-OH is 8. The van der Waals surface area contributed by atoms with Gasteiger partial charge in [-0.05, 0) is 0 Å². The molecule has 0 saturated carbocycles. The first-order chi connectivity index (χ1) is 24.7. The van der Waals surface area contributed by atoms with E-state index in [1.165, 1.54) is 20.8 Å². The first-order valence-electron chi connectivity index (χ1n) is 16.6. The van der Waals surface area contributed by atoms with E-state index >= 15 is 0 Å². The predicted octanol–water partition coefficient (Wildman–Crippen LogP) is -7.09. The molecule has 15 atom stereocenters. The summed E-state index contributed by atoms with van der Waals surface area (Å²) in [5.74, 6) is -4.93. The number of carbonyl (C=O) groups is 4. The van der Waals surface area contributed by atoms with Crippen molar-refractivity contribution in [3.05, 3.63) is 0 Å². The van der Waals surface area contributed by atoms with Gasteiger partial charge in [-0.2, -0.15) is 4.89 Å². The largest absolute Gasteiger partial charge is 0.394 e. The number of hydrogen-bond donors (Lipinski definition) is 11. The molecule has 0 radical (unpaired) electrons. The third-order valence-electron chi connectivity index (χ3n) is 8.97. The van der Waals surface area contributed by atoms with Gasteiger partial charge in [-0.3, -0.25) is 19.3 Å². The molecule has 3 amide bonds. The summed E-state index contributed by atoms with van der Waals surface area (Å²) in [6.45, 7) is -0.902. The van der Waals surface area contributed by atoms with Gasteiger partial charge in [-0.1, -0.05) is 0 Å². The first kappa shape index (κ1) is 43.7. The van der Waals surface area contributed by atoms with Crippen LogP contribution in [0.15, 0.2) is 0 Å². The van der Waals surface area contributed by atoms with Crippen LogP contribution in [0.25, 0.3) is 0 Å². The molecule has 3 heterocycles. The van der Waals surface area contributed by atoms with Gasteiger partial charge < -0.3 is 80.5 Å². The molecule has 3 rings (SSSR count). The molecule has 6 unspecified atom stereocenters. The van der Waals surface area contributed by atoms with E-state index in [1.807, 2.05) is 0 Å². The van der Waals surface area contributed by atoms with Crippen LogP contribution in [-0.4, -0.2) is 197 Å². The molecule has 3 fully saturated rings. The summed E-state index contributed by atoms with van der Waals surface area (Å²) < 4.78 is 28.8. The lowest BCUT2D eigenvalue weighted by Gasteiger charge is -2.46. The molecule has 0 aromatic heterocycles. The fourth-order valence-corrected chi connectivity index (χ4v) is 6.48. The molecule has 300 valence electrons. The van der Waals surface area contributed by atoms with Gasteiger partial charge in [-0.15, -0.1) is 0 Å². The molecule has 0 aromatic carbocycles. The zero-order valence-corrected chi connectivity index (χ0v) is 28.9. The Morgan fingerprint density at radius 2 is 1.04 bits per heavy atom. The lowest BCUT2D eigenvalue weighted by Crippen LogP contribution is -2.66. The minimum Gasteiger partial charge on any atom is -0.394 e. The highest BCUT2D eigenvalue weighted by Crippen LogP contribution is 2.32. The SMILES string of the molecule is CC(=O)NC1[C@H](COC[C@H]2C(CO)O[C@@H](COC[C@@H]3C(CO)O[C@@H](O)C(NC(C)=O)[C@H]3O)C(NC(C)=O)[C@H]2OOC(=O)CO)OC(CO)[C@@H](O)[C@@H]1O. The monoisotopic (exact) mass is 757 g/mol. The van der Waals surface area contributed by atoms with E-state index in [-0.39, 0.29) is 26.4 Å². The van der Waals surface area contributed by atoms with Crippen molar-refractivity contribution in [3.8, 4) is 0 Å². The summed E-state index contributed by atoms with van der Waals surface area (Å²) in [5, 5.41) is 88.6. The van der Waals surface area contributed by atoms with Crippen LogP contribution in [0, 0.1) is 11.8 Å². The molecule has 0 aliphatic carbocycles. The van der Waals surface area contributed by atoms with Crippen LogP contribution >= 0.6 is 0 Å². The van der Waals surface area contributed by atoms with Crippen molar-refractivity contribution in [1.29, 1.82) is 0 Å². The average Bonchev–Trinajstić information content (AvgIpc) is 3.09. The Kier molecular flexibility index (Phi) is 17.4. The highest BCUT2D eigenvalue weighted by Gasteiger charge is 2.50. The maximum absolute atomic E-state index is 12.4. The van der Waals surface area contributed by atoms with Gasteiger partial charge in [0, 0.05) is 32.6 Å². The fraction of sp³-hybridized carbons (Fsp3) is 0.867. The normalized spacial score (nSPS) is 37.9. The summed E-state index contributed by atoms with van der Waals surface area (Å²) in [6.07, 6.45) is -13.2. The molecule has 11 N–H and O–H groups in total. The van der Waals surface area contributed by atoms with Gasteiger partial charge in [-0.25, -0.2) is 4.79 Å². The standard InChI is InChI=1S/C30H51N3O19/c1-12(38)31-23-20(49-19(6-36)27(43)28(23)44)10-47-9-16-18(5-35)48-21(24(32-13(2)39)29(16)52-51-22(41)7-37)11-46-8-15-17(4-34)50-30(45)25(26(15)42)33-14(3)40/h15-21,23-30,34-37,42-45H,4-11H2,1-3H3,(H,31,38)(H,32,39)(H,33,40)/t15-,16+,17?,18?,19?,20+,21+,23?,24?,25?,26+,27-,28-,29+,30-/m1/s1. The van der Waals surface area contributed by atoms with Gasteiger partial charge in [0.25, 0.3) is 0 Å². The smallest absolute Gasteiger partial charge is 0.367 e. The molecular formula is C30H51N3O19. The van der Waals surface area contributed by atoms with E-state index in [9.17, 15) is 60.0 Å². The number of amides is 3. The lowest BCUT2D eigenvalue weighted by atomic mass is 9.85. The van der Waals surface area contributed by atoms with Crippen LogP contribution in [0.2, 0.25) is 0 Å². The molecule has 3 aliphatic rings. The summed E-state index contributed by atoms with van der Waals surface area (Å²) in [4.78, 5) is 57.9. The Hall–Kier alpha value is -2.68. The predicted molar refractivity (Wildman–Crippen MR) is 167 cm³/mol. The summed E-state index contributed by atoms with van der Waals surface area (Å²) >= 11 is 0. The van der Waals surface area contributed by atoms with Crippen molar-refractivity contribution in [1.82, 2.24) is 16.0 Å². The fourth-order valence-electron chi connectivity index (χ4n) is 6.48. The summed E-state index contributed by atoms with van der Waals surface area (Å²) in [7, 11) is 0. The van der Waals surface area contributed by atoms with E-state index in [0.717, 1.165) is 0 Å². The Balaban J connectivity index is 1.81. The van der Waals surface area contributed by atoms with Crippen molar-refractivity contribution >= 4 is 23.7 Å². The molecule has 0 bridgehead atoms. The van der Waals surface area contributed by atoms with E-state index < -0.39 is 141 Å². The number of nitrogens with one attached hydrogen (secondary N) is 3. The molecule has 3 saturated heterocycles. The number of ether oxygens (including phenoxy) is 5. The molecule has 0 aromatic rings. The quantitative estimate of drug-likeness (QED) is 0.0485. The Morgan fingerprint density at radius 1 is 0.558 bits per heavy atom. The van der Waals surface area contributed by atoms with Gasteiger partial charge >= 0.3 is 5.97 Å². The number of aliphatic hydroxyl groups is 8. The molecule has 22 heteroatoms. The van der Waals surface area contributed by atoms with Crippen LogP contribution in [0.3, 0.4) is 0 Å². The van der Waals surface area contributed by atoms with Crippen molar-refractivity contribution in [2.75, 3.05) is 52.9 Å². The van der Waals surface area contributed by atoms with E-state index in [4.69, 9.17) is 33.5 Å². The third-order valence-corrected chi connectivity index (χ3v) is 8.97. The Labute approximate surface area is 298 Å². The van der Waals surface area contributed by atoms with Crippen molar-refractivity contribution < 1.29 is 93.5 Å². The number of hydrogen-bond acceptors (Lipinski definition) is 19. The van der Waals surface area contributed by atoms with E-state index in [0.29, 0.717) is 0 Å². The zero-order valence-electron chi connectivity index (χ0n) is 28.9. The molecule has 3 aliphatic heterocycles. The van der Waals surface area contributed by atoms with Crippen molar-refractivity contribution in [3.63, 3.8) is 0 Å². The van der Waals surface area contributed by atoms with Crippen LogP contribution in [0.5, 0.6) is 0 Å². The highest BCUT2D eigenvalue weighted by atomic mass is 17.2. The second-order valence-electron chi connectivity index (χ2n) is 12.8. The Morgan fingerprint density at radius 3 is 1.58 bits per heavy atom. The van der Waals surface area contributed by atoms with Crippen molar-refractivity contribution in [2.24, 2.45) is 11.8 Å². The van der Waals surface area contributed by atoms with Crippen molar-refractivity contribution in [2.45, 2.75) is 100 Å². The first-order valence-corrected chi connectivity index (χ1v) is 16.6. The average molecular weight is 758 g/mol. The van der Waals surface area contributed by atoms with E-state index in [1.54, 1.807) is 0 Å². The van der Waals surface area contributed by atoms with Crippen LogP contribution in [0.1, 0.15) is 20.8 Å². The van der Waals surface area contributed by atoms with Crippen LogP contribution < -0.4 is 16.0 Å². The number of rotatable bonds is 17. The molecule has 52 heavy (non-hydrogen) atoms. The van der Waals surface area contributed by atoms with Gasteiger partial charge in [0.2, 0.25) is 17.7 Å². The molecular weight excluding hydrogens is 706 g/mol. The topological polar surface area (TPSA) is 331 Å². The maximum atomic E-state index is 12.4.